The minimum absolute atomic E-state index is 0.0638. The zero-order valence-corrected chi connectivity index (χ0v) is 12.0. The Kier molecular flexibility index (Phi) is 5.60. The van der Waals surface area contributed by atoms with Crippen LogP contribution in [0, 0.1) is 0 Å². The summed E-state index contributed by atoms with van der Waals surface area (Å²) < 4.78 is 40.7. The van der Waals surface area contributed by atoms with Crippen LogP contribution in [0.15, 0.2) is 24.3 Å². The van der Waals surface area contributed by atoms with Crippen molar-refractivity contribution in [3.8, 4) is 5.75 Å². The van der Waals surface area contributed by atoms with Crippen molar-refractivity contribution < 1.29 is 22.7 Å². The molecule has 1 amide bonds. The molecule has 0 radical (unpaired) electrons. The molecule has 118 valence electrons. The van der Waals surface area contributed by atoms with Crippen LogP contribution in [0.4, 0.5) is 13.2 Å². The quantitative estimate of drug-likeness (QED) is 0.848. The lowest BCUT2D eigenvalue weighted by Crippen LogP contribution is -2.45. The van der Waals surface area contributed by atoms with E-state index in [9.17, 15) is 18.0 Å². The summed E-state index contributed by atoms with van der Waals surface area (Å²) in [5, 5.41) is 2.63. The maximum Gasteiger partial charge on any atom is 0.573 e. The number of ether oxygens (including phenoxy) is 1. The monoisotopic (exact) mass is 304 g/mol. The van der Waals surface area contributed by atoms with Gasteiger partial charge >= 0.3 is 6.36 Å². The Balaban J connectivity index is 2.57. The van der Waals surface area contributed by atoms with E-state index in [0.29, 0.717) is 12.1 Å². The van der Waals surface area contributed by atoms with Gasteiger partial charge in [0, 0.05) is 18.5 Å². The number of benzene rings is 1. The summed E-state index contributed by atoms with van der Waals surface area (Å²) in [5.41, 5.74) is 5.52. The van der Waals surface area contributed by atoms with Crippen molar-refractivity contribution in [1.29, 1.82) is 0 Å². The molecule has 0 saturated heterocycles. The second-order valence-electron chi connectivity index (χ2n) is 5.42. The highest BCUT2D eigenvalue weighted by molar-refractivity contribution is 5.76. The van der Waals surface area contributed by atoms with E-state index in [2.05, 4.69) is 10.1 Å². The molecule has 0 unspecified atom stereocenters. The van der Waals surface area contributed by atoms with Gasteiger partial charge in [-0.2, -0.15) is 0 Å². The smallest absolute Gasteiger partial charge is 0.406 e. The summed E-state index contributed by atoms with van der Waals surface area (Å²) in [6, 6.07) is 5.77. The van der Waals surface area contributed by atoms with Crippen LogP contribution in [0.3, 0.4) is 0 Å². The molecule has 0 aliphatic carbocycles. The first-order chi connectivity index (χ1) is 9.57. The number of carbonyl (C=O) groups is 1. The first kappa shape index (κ1) is 17.3. The van der Waals surface area contributed by atoms with Crippen LogP contribution in [0.1, 0.15) is 25.8 Å². The van der Waals surface area contributed by atoms with Gasteiger partial charge in [0.1, 0.15) is 5.75 Å². The first-order valence-corrected chi connectivity index (χ1v) is 6.46. The Hall–Kier alpha value is -1.76. The first-order valence-electron chi connectivity index (χ1n) is 6.46. The minimum atomic E-state index is -4.75. The number of nitrogens with two attached hydrogens (primary N) is 1. The molecule has 7 heteroatoms. The van der Waals surface area contributed by atoms with E-state index in [1.54, 1.807) is 19.9 Å². The zero-order chi connectivity index (χ0) is 16.1. The summed E-state index contributed by atoms with van der Waals surface area (Å²) in [7, 11) is 0. The topological polar surface area (TPSA) is 64.3 Å². The van der Waals surface area contributed by atoms with Gasteiger partial charge in [-0.15, -0.1) is 13.2 Å². The molecule has 0 aliphatic rings. The number of hydrogen-bond donors (Lipinski definition) is 2. The number of alkyl halides is 3. The van der Waals surface area contributed by atoms with Crippen LogP contribution >= 0.6 is 0 Å². The van der Waals surface area contributed by atoms with E-state index in [4.69, 9.17) is 5.73 Å². The van der Waals surface area contributed by atoms with Gasteiger partial charge in [0.05, 0.1) is 0 Å². The number of rotatable bonds is 6. The number of carbonyl (C=O) groups excluding carboxylic acids is 1. The molecule has 0 heterocycles. The number of hydrogen-bond acceptors (Lipinski definition) is 3. The normalized spacial score (nSPS) is 12.1. The molecule has 0 saturated carbocycles. The fraction of sp³-hybridized carbons (Fsp3) is 0.500. The molecule has 0 bridgehead atoms. The van der Waals surface area contributed by atoms with Crippen LogP contribution in [0.2, 0.25) is 0 Å². The molecule has 1 aromatic rings. The second kappa shape index (κ2) is 6.80. The SMILES string of the molecule is CC(C)(N)CNC(=O)CCc1ccccc1OC(F)(F)F. The van der Waals surface area contributed by atoms with Crippen LogP contribution in [0.25, 0.3) is 0 Å². The molecular weight excluding hydrogens is 285 g/mol. The van der Waals surface area contributed by atoms with Crippen molar-refractivity contribution in [2.75, 3.05) is 6.54 Å². The standard InChI is InChI=1S/C14H19F3N2O2/c1-13(2,18)9-19-12(20)8-7-10-5-3-4-6-11(10)21-14(15,16)17/h3-6H,7-9,18H2,1-2H3,(H,19,20). The molecule has 1 rings (SSSR count). The third-order valence-corrected chi connectivity index (χ3v) is 2.56. The van der Waals surface area contributed by atoms with E-state index in [-0.39, 0.29) is 24.5 Å². The molecule has 0 fully saturated rings. The maximum absolute atomic E-state index is 12.3. The van der Waals surface area contributed by atoms with Crippen molar-refractivity contribution in [3.05, 3.63) is 29.8 Å². The lowest BCUT2D eigenvalue weighted by molar-refractivity contribution is -0.274. The minimum Gasteiger partial charge on any atom is -0.406 e. The number of amides is 1. The number of halogens is 3. The van der Waals surface area contributed by atoms with Gasteiger partial charge in [-0.1, -0.05) is 18.2 Å². The molecule has 0 aromatic heterocycles. The van der Waals surface area contributed by atoms with Crippen LogP contribution < -0.4 is 15.8 Å². The largest absolute Gasteiger partial charge is 0.573 e. The lowest BCUT2D eigenvalue weighted by atomic mass is 10.1. The summed E-state index contributed by atoms with van der Waals surface area (Å²) >= 11 is 0. The zero-order valence-electron chi connectivity index (χ0n) is 12.0. The van der Waals surface area contributed by atoms with E-state index < -0.39 is 11.9 Å². The fourth-order valence-corrected chi connectivity index (χ4v) is 1.60. The van der Waals surface area contributed by atoms with Gasteiger partial charge in [-0.25, -0.2) is 0 Å². The van der Waals surface area contributed by atoms with E-state index in [1.165, 1.54) is 18.2 Å². The van der Waals surface area contributed by atoms with E-state index >= 15 is 0 Å². The molecular formula is C14H19F3N2O2. The Bertz CT molecular complexity index is 482. The highest BCUT2D eigenvalue weighted by Crippen LogP contribution is 2.26. The Morgan fingerprint density at radius 3 is 2.48 bits per heavy atom. The molecule has 0 aliphatic heterocycles. The van der Waals surface area contributed by atoms with Crippen molar-refractivity contribution in [1.82, 2.24) is 5.32 Å². The molecule has 1 aromatic carbocycles. The Morgan fingerprint density at radius 2 is 1.90 bits per heavy atom. The van der Waals surface area contributed by atoms with Crippen LogP contribution in [-0.2, 0) is 11.2 Å². The molecule has 0 spiro atoms. The lowest BCUT2D eigenvalue weighted by Gasteiger charge is -2.19. The van der Waals surface area contributed by atoms with Crippen molar-refractivity contribution in [3.63, 3.8) is 0 Å². The highest BCUT2D eigenvalue weighted by atomic mass is 19.4. The molecule has 0 atom stereocenters. The fourth-order valence-electron chi connectivity index (χ4n) is 1.60. The van der Waals surface area contributed by atoms with Gasteiger partial charge in [-0.3, -0.25) is 4.79 Å². The Morgan fingerprint density at radius 1 is 1.29 bits per heavy atom. The summed E-state index contributed by atoms with van der Waals surface area (Å²) in [6.07, 6.45) is -4.53. The van der Waals surface area contributed by atoms with Crippen molar-refractivity contribution >= 4 is 5.91 Å². The van der Waals surface area contributed by atoms with Gasteiger partial charge in [0.25, 0.3) is 0 Å². The highest BCUT2D eigenvalue weighted by Gasteiger charge is 2.31. The third-order valence-electron chi connectivity index (χ3n) is 2.56. The van der Waals surface area contributed by atoms with Gasteiger partial charge in [0.2, 0.25) is 5.91 Å². The molecule has 4 nitrogen and oxygen atoms in total. The summed E-state index contributed by atoms with van der Waals surface area (Å²) in [5.74, 6) is -0.549. The van der Waals surface area contributed by atoms with Crippen LogP contribution in [-0.4, -0.2) is 24.4 Å². The molecule has 21 heavy (non-hydrogen) atoms. The second-order valence-corrected chi connectivity index (χ2v) is 5.42. The maximum atomic E-state index is 12.3. The number of nitrogens with one attached hydrogen (secondary N) is 1. The van der Waals surface area contributed by atoms with Crippen molar-refractivity contribution in [2.24, 2.45) is 5.73 Å². The van der Waals surface area contributed by atoms with E-state index in [1.807, 2.05) is 0 Å². The predicted molar refractivity (Wildman–Crippen MR) is 72.7 cm³/mol. The number of para-hydroxylation sites is 1. The average Bonchev–Trinajstić information content (AvgIpc) is 2.32. The van der Waals surface area contributed by atoms with Crippen molar-refractivity contribution in [2.45, 2.75) is 38.6 Å². The summed E-state index contributed by atoms with van der Waals surface area (Å²) in [6.45, 7) is 3.83. The van der Waals surface area contributed by atoms with Gasteiger partial charge in [-0.05, 0) is 31.9 Å². The summed E-state index contributed by atoms with van der Waals surface area (Å²) in [4.78, 5) is 11.6. The Labute approximate surface area is 121 Å². The predicted octanol–water partition coefficient (Wildman–Crippen LogP) is 2.37. The molecule has 3 N–H and O–H groups in total. The van der Waals surface area contributed by atoms with Crippen LogP contribution in [0.5, 0.6) is 5.75 Å². The van der Waals surface area contributed by atoms with Gasteiger partial charge < -0.3 is 15.8 Å². The third kappa shape index (κ3) is 7.55. The average molecular weight is 304 g/mol. The van der Waals surface area contributed by atoms with Gasteiger partial charge in [0.15, 0.2) is 0 Å². The number of aryl methyl sites for hydroxylation is 1. The van der Waals surface area contributed by atoms with E-state index in [0.717, 1.165) is 0 Å².